The Morgan fingerprint density at radius 1 is 1.46 bits per heavy atom. The lowest BCUT2D eigenvalue weighted by Crippen LogP contribution is -2.11. The molecule has 0 radical (unpaired) electrons. The third-order valence-electron chi connectivity index (χ3n) is 2.60. The highest BCUT2D eigenvalue weighted by Gasteiger charge is 2.20. The average molecular weight is 199 g/mol. The molecular weight excluding hydrogens is 184 g/mol. The second-order valence-corrected chi connectivity index (χ2v) is 3.42. The number of rotatable bonds is 2. The average Bonchev–Trinajstić information content (AvgIpc) is 2.02. The zero-order valence-electron chi connectivity index (χ0n) is 7.57. The molecule has 0 amide bonds. The molecule has 0 aromatic carbocycles. The first-order chi connectivity index (χ1) is 5.90. The lowest BCUT2D eigenvalue weighted by atomic mass is 9.82. The molecule has 0 aliphatic heterocycles. The molecule has 2 N–H and O–H groups in total. The van der Waals surface area contributed by atoms with Gasteiger partial charge in [-0.25, -0.2) is 0 Å². The fourth-order valence-electron chi connectivity index (χ4n) is 1.55. The summed E-state index contributed by atoms with van der Waals surface area (Å²) in [7, 11) is 0. The number of aromatic nitrogens is 1. The van der Waals surface area contributed by atoms with Crippen LogP contribution in [0.2, 0.25) is 0 Å². The zero-order valence-corrected chi connectivity index (χ0v) is 8.39. The third-order valence-corrected chi connectivity index (χ3v) is 2.60. The lowest BCUT2D eigenvalue weighted by Gasteiger charge is -2.24. The van der Waals surface area contributed by atoms with Crippen LogP contribution in [0.4, 0.5) is 0 Å². The van der Waals surface area contributed by atoms with Gasteiger partial charge in [0.25, 0.3) is 0 Å². The Labute approximate surface area is 85.0 Å². The van der Waals surface area contributed by atoms with Crippen molar-refractivity contribution in [1.29, 1.82) is 0 Å². The van der Waals surface area contributed by atoms with Crippen LogP contribution in [0.25, 0.3) is 0 Å². The fourth-order valence-corrected chi connectivity index (χ4v) is 1.55. The molecule has 0 atom stereocenters. The zero-order chi connectivity index (χ0) is 8.39. The van der Waals surface area contributed by atoms with Crippen molar-refractivity contribution < 1.29 is 0 Å². The van der Waals surface area contributed by atoms with Crippen molar-refractivity contribution in [3.63, 3.8) is 0 Å². The molecular formula is C10H15ClN2. The smallest absolute Gasteiger partial charge is 0.0437 e. The Bertz CT molecular complexity index is 271. The maximum atomic E-state index is 5.55. The van der Waals surface area contributed by atoms with Crippen molar-refractivity contribution >= 4 is 12.4 Å². The van der Waals surface area contributed by atoms with Gasteiger partial charge in [-0.05, 0) is 30.5 Å². The summed E-state index contributed by atoms with van der Waals surface area (Å²) in [5.41, 5.74) is 7.99. The molecule has 1 aromatic heterocycles. The number of pyridine rings is 1. The van der Waals surface area contributed by atoms with E-state index in [1.54, 1.807) is 0 Å². The number of hydrogen-bond acceptors (Lipinski definition) is 2. The standard InChI is InChI=1S/C10H14N2.ClH/c11-7-8-4-5-12-10(6-8)9-2-1-3-9;/h4-6,9H,1-3,7,11H2;1H. The van der Waals surface area contributed by atoms with Crippen molar-refractivity contribution in [3.05, 3.63) is 29.6 Å². The van der Waals surface area contributed by atoms with E-state index in [0.717, 1.165) is 5.92 Å². The van der Waals surface area contributed by atoms with Gasteiger partial charge < -0.3 is 5.73 Å². The molecule has 1 heterocycles. The molecule has 1 fully saturated rings. The number of hydrogen-bond donors (Lipinski definition) is 1. The molecule has 1 saturated carbocycles. The molecule has 72 valence electrons. The summed E-state index contributed by atoms with van der Waals surface area (Å²) >= 11 is 0. The molecule has 0 saturated heterocycles. The predicted molar refractivity (Wildman–Crippen MR) is 56.0 cm³/mol. The minimum Gasteiger partial charge on any atom is -0.326 e. The first kappa shape index (κ1) is 10.5. The third kappa shape index (κ3) is 2.20. The molecule has 2 nitrogen and oxygen atoms in total. The van der Waals surface area contributed by atoms with Gasteiger partial charge in [-0.1, -0.05) is 6.42 Å². The first-order valence-electron chi connectivity index (χ1n) is 4.55. The van der Waals surface area contributed by atoms with Crippen LogP contribution in [0, 0.1) is 0 Å². The van der Waals surface area contributed by atoms with E-state index in [1.165, 1.54) is 30.5 Å². The van der Waals surface area contributed by atoms with Gasteiger partial charge >= 0.3 is 0 Å². The molecule has 1 aromatic rings. The summed E-state index contributed by atoms with van der Waals surface area (Å²) in [5, 5.41) is 0. The van der Waals surface area contributed by atoms with Crippen molar-refractivity contribution in [1.82, 2.24) is 4.98 Å². The van der Waals surface area contributed by atoms with Gasteiger partial charge in [0.1, 0.15) is 0 Å². The Balaban J connectivity index is 0.000000845. The second-order valence-electron chi connectivity index (χ2n) is 3.42. The fraction of sp³-hybridized carbons (Fsp3) is 0.500. The molecule has 0 unspecified atom stereocenters. The summed E-state index contributed by atoms with van der Waals surface area (Å²) in [5.74, 6) is 0.719. The SMILES string of the molecule is Cl.NCc1ccnc(C2CCC2)c1. The Kier molecular flexibility index (Phi) is 3.70. The van der Waals surface area contributed by atoms with Crippen molar-refractivity contribution in [2.45, 2.75) is 31.7 Å². The van der Waals surface area contributed by atoms with Gasteiger partial charge in [-0.2, -0.15) is 0 Å². The summed E-state index contributed by atoms with van der Waals surface area (Å²) < 4.78 is 0. The van der Waals surface area contributed by atoms with Crippen LogP contribution in [-0.4, -0.2) is 4.98 Å². The van der Waals surface area contributed by atoms with Crippen LogP contribution in [0.3, 0.4) is 0 Å². The van der Waals surface area contributed by atoms with Crippen LogP contribution >= 0.6 is 12.4 Å². The minimum atomic E-state index is 0. The number of halogens is 1. The summed E-state index contributed by atoms with van der Waals surface area (Å²) in [4.78, 5) is 4.35. The van der Waals surface area contributed by atoms with Crippen molar-refractivity contribution in [2.75, 3.05) is 0 Å². The van der Waals surface area contributed by atoms with Crippen molar-refractivity contribution in [2.24, 2.45) is 5.73 Å². The summed E-state index contributed by atoms with van der Waals surface area (Å²) in [6, 6.07) is 4.13. The van der Waals surface area contributed by atoms with Gasteiger partial charge in [0.05, 0.1) is 0 Å². The molecule has 1 aliphatic rings. The van der Waals surface area contributed by atoms with E-state index in [4.69, 9.17) is 5.73 Å². The number of nitrogens with zero attached hydrogens (tertiary/aromatic N) is 1. The van der Waals surface area contributed by atoms with E-state index in [1.807, 2.05) is 12.3 Å². The minimum absolute atomic E-state index is 0. The lowest BCUT2D eigenvalue weighted by molar-refractivity contribution is 0.411. The summed E-state index contributed by atoms with van der Waals surface area (Å²) in [6.45, 7) is 0.627. The van der Waals surface area contributed by atoms with E-state index >= 15 is 0 Å². The highest BCUT2D eigenvalue weighted by Crippen LogP contribution is 2.35. The highest BCUT2D eigenvalue weighted by molar-refractivity contribution is 5.85. The molecule has 0 spiro atoms. The van der Waals surface area contributed by atoms with Gasteiger partial charge in [-0.15, -0.1) is 12.4 Å². The Hall–Kier alpha value is -0.600. The van der Waals surface area contributed by atoms with Crippen molar-refractivity contribution in [3.8, 4) is 0 Å². The van der Waals surface area contributed by atoms with Crippen LogP contribution in [0.1, 0.15) is 36.4 Å². The Morgan fingerprint density at radius 3 is 2.77 bits per heavy atom. The van der Waals surface area contributed by atoms with Gasteiger partial charge in [0.15, 0.2) is 0 Å². The van der Waals surface area contributed by atoms with E-state index in [-0.39, 0.29) is 12.4 Å². The van der Waals surface area contributed by atoms with Gasteiger partial charge in [0, 0.05) is 24.4 Å². The maximum absolute atomic E-state index is 5.55. The van der Waals surface area contributed by atoms with Crippen LogP contribution in [0.5, 0.6) is 0 Å². The number of nitrogens with two attached hydrogens (primary N) is 1. The normalized spacial score (nSPS) is 16.1. The molecule has 2 rings (SSSR count). The first-order valence-corrected chi connectivity index (χ1v) is 4.55. The molecule has 13 heavy (non-hydrogen) atoms. The van der Waals surface area contributed by atoms with Gasteiger partial charge in [0.2, 0.25) is 0 Å². The topological polar surface area (TPSA) is 38.9 Å². The molecule has 0 bridgehead atoms. The van der Waals surface area contributed by atoms with Crippen LogP contribution < -0.4 is 5.73 Å². The second kappa shape index (κ2) is 4.58. The quantitative estimate of drug-likeness (QED) is 0.792. The van der Waals surface area contributed by atoms with Crippen LogP contribution in [0.15, 0.2) is 18.3 Å². The predicted octanol–water partition coefficient (Wildman–Crippen LogP) is 2.23. The summed E-state index contributed by atoms with van der Waals surface area (Å²) in [6.07, 6.45) is 5.84. The highest BCUT2D eigenvalue weighted by atomic mass is 35.5. The molecule has 1 aliphatic carbocycles. The largest absolute Gasteiger partial charge is 0.326 e. The molecule has 3 heteroatoms. The Morgan fingerprint density at radius 2 is 2.23 bits per heavy atom. The van der Waals surface area contributed by atoms with E-state index < -0.39 is 0 Å². The maximum Gasteiger partial charge on any atom is 0.0437 e. The van der Waals surface area contributed by atoms with E-state index in [0.29, 0.717) is 6.54 Å². The monoisotopic (exact) mass is 198 g/mol. The van der Waals surface area contributed by atoms with Crippen LogP contribution in [-0.2, 0) is 6.54 Å². The van der Waals surface area contributed by atoms with E-state index in [2.05, 4.69) is 11.1 Å². The van der Waals surface area contributed by atoms with Gasteiger partial charge in [-0.3, -0.25) is 4.98 Å². The van der Waals surface area contributed by atoms with E-state index in [9.17, 15) is 0 Å².